The van der Waals surface area contributed by atoms with Gasteiger partial charge in [-0.05, 0) is 31.0 Å². The molecule has 3 rings (SSSR count). The van der Waals surface area contributed by atoms with E-state index >= 15 is 0 Å². The van der Waals surface area contributed by atoms with Gasteiger partial charge in [0.25, 0.3) is 0 Å². The van der Waals surface area contributed by atoms with Crippen LogP contribution in [0.2, 0.25) is 10.0 Å². The van der Waals surface area contributed by atoms with Crippen molar-refractivity contribution in [1.29, 1.82) is 0 Å². The number of aryl methyl sites for hydroxylation is 2. The lowest BCUT2D eigenvalue weighted by Crippen LogP contribution is -2.39. The largest absolute Gasteiger partial charge is 0.370 e. The number of nitrogens with zero attached hydrogens (tertiary/aromatic N) is 3. The Hall–Kier alpha value is -1.36. The zero-order valence-electron chi connectivity index (χ0n) is 13.2. The topological polar surface area (TPSA) is 38.2 Å². The van der Waals surface area contributed by atoms with E-state index in [0.717, 1.165) is 42.3 Å². The second-order valence-electron chi connectivity index (χ2n) is 5.60. The second-order valence-corrected chi connectivity index (χ2v) is 6.41. The van der Waals surface area contributed by atoms with Crippen LogP contribution in [0.15, 0.2) is 24.4 Å². The Balaban J connectivity index is 1.86. The van der Waals surface area contributed by atoms with E-state index in [1.54, 1.807) is 0 Å². The van der Waals surface area contributed by atoms with Gasteiger partial charge in [0.05, 0.1) is 16.7 Å². The first-order valence-electron chi connectivity index (χ1n) is 7.72. The van der Waals surface area contributed by atoms with Gasteiger partial charge in [0.15, 0.2) is 0 Å². The third-order valence-electron chi connectivity index (χ3n) is 4.02. The minimum absolute atomic E-state index is 0.0431. The molecular weight excluding hydrogens is 333 g/mol. The highest BCUT2D eigenvalue weighted by Crippen LogP contribution is 2.31. The van der Waals surface area contributed by atoms with E-state index in [1.807, 2.05) is 31.3 Å². The third kappa shape index (κ3) is 3.60. The Morgan fingerprint density at radius 1 is 1.30 bits per heavy atom. The molecule has 0 saturated carbocycles. The number of halogens is 2. The van der Waals surface area contributed by atoms with Crippen molar-refractivity contribution in [3.8, 4) is 0 Å². The van der Waals surface area contributed by atoms with Crippen LogP contribution in [0, 0.1) is 6.92 Å². The lowest BCUT2D eigenvalue weighted by Gasteiger charge is -2.35. The Bertz CT molecular complexity index is 708. The van der Waals surface area contributed by atoms with Crippen LogP contribution in [0.5, 0.6) is 0 Å². The summed E-state index contributed by atoms with van der Waals surface area (Å²) in [6.07, 6.45) is 2.78. The first-order chi connectivity index (χ1) is 11.1. The van der Waals surface area contributed by atoms with Crippen molar-refractivity contribution in [2.24, 2.45) is 0 Å². The molecule has 1 aliphatic heterocycles. The highest BCUT2D eigenvalue weighted by Gasteiger charge is 2.25. The fourth-order valence-electron chi connectivity index (χ4n) is 2.76. The molecule has 2 heterocycles. The maximum atomic E-state index is 6.13. The minimum Gasteiger partial charge on any atom is -0.370 e. The molecule has 0 radical (unpaired) electrons. The fraction of sp³-hybridized carbons (Fsp3) is 0.412. The summed E-state index contributed by atoms with van der Waals surface area (Å²) in [7, 11) is 0. The van der Waals surface area contributed by atoms with Crippen molar-refractivity contribution in [1.82, 2.24) is 9.97 Å². The van der Waals surface area contributed by atoms with Gasteiger partial charge >= 0.3 is 0 Å². The molecule has 0 bridgehead atoms. The van der Waals surface area contributed by atoms with Gasteiger partial charge in [-0.25, -0.2) is 9.97 Å². The zero-order chi connectivity index (χ0) is 16.4. The average molecular weight is 352 g/mol. The van der Waals surface area contributed by atoms with Gasteiger partial charge in [0, 0.05) is 24.8 Å². The van der Waals surface area contributed by atoms with Crippen molar-refractivity contribution < 1.29 is 4.74 Å². The lowest BCUT2D eigenvalue weighted by molar-refractivity contribution is 0.0394. The van der Waals surface area contributed by atoms with E-state index in [0.29, 0.717) is 16.7 Å². The molecule has 0 N–H and O–H groups in total. The maximum absolute atomic E-state index is 6.13. The summed E-state index contributed by atoms with van der Waals surface area (Å²) >= 11 is 12.1. The first kappa shape index (κ1) is 16.5. The Labute approximate surface area is 146 Å². The van der Waals surface area contributed by atoms with Gasteiger partial charge < -0.3 is 9.64 Å². The monoisotopic (exact) mass is 351 g/mol. The van der Waals surface area contributed by atoms with Crippen LogP contribution >= 0.6 is 23.2 Å². The molecule has 1 aromatic carbocycles. The molecule has 1 atom stereocenters. The number of benzene rings is 1. The quantitative estimate of drug-likeness (QED) is 0.829. The van der Waals surface area contributed by atoms with Crippen LogP contribution in [0.25, 0.3) is 0 Å². The Kier molecular flexibility index (Phi) is 5.05. The molecule has 2 aromatic rings. The van der Waals surface area contributed by atoms with Crippen LogP contribution in [-0.4, -0.2) is 29.7 Å². The Morgan fingerprint density at radius 3 is 2.87 bits per heavy atom. The predicted molar refractivity (Wildman–Crippen MR) is 93.5 cm³/mol. The molecular formula is C17H19Cl2N3O. The molecule has 1 aromatic heterocycles. The van der Waals surface area contributed by atoms with E-state index in [1.165, 1.54) is 0 Å². The highest BCUT2D eigenvalue weighted by atomic mass is 35.5. The molecule has 0 aliphatic carbocycles. The van der Waals surface area contributed by atoms with Crippen LogP contribution in [0.1, 0.15) is 30.0 Å². The molecule has 4 nitrogen and oxygen atoms in total. The summed E-state index contributed by atoms with van der Waals surface area (Å²) in [6, 6.07) is 5.66. The summed E-state index contributed by atoms with van der Waals surface area (Å²) in [6.45, 7) is 6.24. The van der Waals surface area contributed by atoms with Gasteiger partial charge in [0.1, 0.15) is 17.7 Å². The normalized spacial score (nSPS) is 18.3. The number of hydrogen-bond acceptors (Lipinski definition) is 4. The molecule has 6 heteroatoms. The summed E-state index contributed by atoms with van der Waals surface area (Å²) < 4.78 is 5.93. The van der Waals surface area contributed by atoms with E-state index < -0.39 is 0 Å². The van der Waals surface area contributed by atoms with Crippen LogP contribution in [0.3, 0.4) is 0 Å². The summed E-state index contributed by atoms with van der Waals surface area (Å²) in [4.78, 5) is 11.2. The van der Waals surface area contributed by atoms with Crippen LogP contribution < -0.4 is 4.90 Å². The molecule has 1 saturated heterocycles. The van der Waals surface area contributed by atoms with Crippen molar-refractivity contribution in [3.63, 3.8) is 0 Å². The number of hydrogen-bond donors (Lipinski definition) is 0. The number of rotatable bonds is 3. The third-order valence-corrected chi connectivity index (χ3v) is 4.76. The van der Waals surface area contributed by atoms with Crippen molar-refractivity contribution in [3.05, 3.63) is 51.4 Å². The van der Waals surface area contributed by atoms with E-state index in [4.69, 9.17) is 27.9 Å². The van der Waals surface area contributed by atoms with Crippen LogP contribution in [0.4, 0.5) is 5.82 Å². The highest BCUT2D eigenvalue weighted by molar-refractivity contribution is 6.42. The summed E-state index contributed by atoms with van der Waals surface area (Å²) in [5.41, 5.74) is 2.19. The standard InChI is InChI=1S/C17H19Cl2N3O/c1-3-12-9-20-11(2)21-17(12)22-6-7-23-16(10-22)13-4-5-14(18)15(19)8-13/h4-5,8-9,16H,3,6-7,10H2,1-2H3/t16-/m0/s1. The van der Waals surface area contributed by atoms with Gasteiger partial charge in [-0.1, -0.05) is 36.2 Å². The SMILES string of the molecule is CCc1cnc(C)nc1N1CCO[C@H](c2ccc(Cl)c(Cl)c2)C1. The van der Waals surface area contributed by atoms with E-state index in [-0.39, 0.29) is 6.10 Å². The van der Waals surface area contributed by atoms with Gasteiger partial charge in [-0.2, -0.15) is 0 Å². The number of morpholine rings is 1. The van der Waals surface area contributed by atoms with Crippen molar-refractivity contribution in [2.75, 3.05) is 24.6 Å². The predicted octanol–water partition coefficient (Wildman–Crippen LogP) is 4.23. The van der Waals surface area contributed by atoms with E-state index in [9.17, 15) is 0 Å². The summed E-state index contributed by atoms with van der Waals surface area (Å²) in [5.74, 6) is 1.79. The average Bonchev–Trinajstić information content (AvgIpc) is 2.57. The molecule has 1 fully saturated rings. The molecule has 0 unspecified atom stereocenters. The van der Waals surface area contributed by atoms with E-state index in [2.05, 4.69) is 21.8 Å². The van der Waals surface area contributed by atoms with Gasteiger partial charge in [-0.3, -0.25) is 0 Å². The zero-order valence-corrected chi connectivity index (χ0v) is 14.7. The number of anilines is 1. The second kappa shape index (κ2) is 7.04. The number of aromatic nitrogens is 2. The van der Waals surface area contributed by atoms with Gasteiger partial charge in [0.2, 0.25) is 0 Å². The maximum Gasteiger partial charge on any atom is 0.135 e. The first-order valence-corrected chi connectivity index (χ1v) is 8.48. The Morgan fingerprint density at radius 2 is 2.13 bits per heavy atom. The van der Waals surface area contributed by atoms with Crippen molar-refractivity contribution >= 4 is 29.0 Å². The molecule has 122 valence electrons. The smallest absolute Gasteiger partial charge is 0.135 e. The molecule has 23 heavy (non-hydrogen) atoms. The number of ether oxygens (including phenoxy) is 1. The minimum atomic E-state index is -0.0431. The lowest BCUT2D eigenvalue weighted by atomic mass is 10.1. The fourth-order valence-corrected chi connectivity index (χ4v) is 3.07. The van der Waals surface area contributed by atoms with Crippen LogP contribution in [-0.2, 0) is 11.2 Å². The van der Waals surface area contributed by atoms with Gasteiger partial charge in [-0.15, -0.1) is 0 Å². The molecule has 0 spiro atoms. The molecule has 1 aliphatic rings. The summed E-state index contributed by atoms with van der Waals surface area (Å²) in [5, 5.41) is 1.11. The van der Waals surface area contributed by atoms with Crippen molar-refractivity contribution in [2.45, 2.75) is 26.4 Å². The molecule has 0 amide bonds.